The van der Waals surface area contributed by atoms with E-state index in [0.29, 0.717) is 5.92 Å². The lowest BCUT2D eigenvalue weighted by Gasteiger charge is -2.39. The molecule has 2 aliphatic heterocycles. The number of ether oxygens (including phenoxy) is 2. The Bertz CT molecular complexity index is 891. The monoisotopic (exact) mass is 366 g/mol. The van der Waals surface area contributed by atoms with Crippen molar-refractivity contribution in [2.24, 2.45) is 11.0 Å². The molecular formula is C22H26N2O3. The minimum absolute atomic E-state index is 0.0857. The van der Waals surface area contributed by atoms with Crippen LogP contribution in [0.5, 0.6) is 17.2 Å². The van der Waals surface area contributed by atoms with Crippen LogP contribution >= 0.6 is 0 Å². The van der Waals surface area contributed by atoms with Crippen LogP contribution < -0.4 is 9.47 Å². The molecule has 0 radical (unpaired) electrons. The van der Waals surface area contributed by atoms with E-state index in [2.05, 4.69) is 24.9 Å². The summed E-state index contributed by atoms with van der Waals surface area (Å²) in [4.78, 5) is 0. The average Bonchev–Trinajstić information content (AvgIpc) is 3.08. The summed E-state index contributed by atoms with van der Waals surface area (Å²) in [6, 6.07) is 11.7. The van der Waals surface area contributed by atoms with Crippen molar-refractivity contribution in [3.63, 3.8) is 0 Å². The fourth-order valence-electron chi connectivity index (χ4n) is 3.92. The van der Waals surface area contributed by atoms with Crippen LogP contribution in [0.2, 0.25) is 0 Å². The number of fused-ring (bicyclic) bond motifs is 3. The SMILES string of the molecule is COc1cccc2c1O[C@H](CC(C)C)N1N=C(c3cc(C)ccc3O)C[C@@H]21. The number of hydrogen-bond donors (Lipinski definition) is 1. The molecule has 27 heavy (non-hydrogen) atoms. The lowest BCUT2D eigenvalue weighted by molar-refractivity contribution is -0.0308. The van der Waals surface area contributed by atoms with Gasteiger partial charge in [-0.1, -0.05) is 37.6 Å². The summed E-state index contributed by atoms with van der Waals surface area (Å²) in [5.74, 6) is 2.31. The van der Waals surface area contributed by atoms with Crippen LogP contribution in [0, 0.1) is 12.8 Å². The van der Waals surface area contributed by atoms with Crippen molar-refractivity contribution in [3.8, 4) is 17.2 Å². The fourth-order valence-corrected chi connectivity index (χ4v) is 3.92. The summed E-state index contributed by atoms with van der Waals surface area (Å²) in [6.45, 7) is 6.39. The van der Waals surface area contributed by atoms with Crippen LogP contribution in [0.15, 0.2) is 41.5 Å². The van der Waals surface area contributed by atoms with E-state index in [0.717, 1.165) is 46.7 Å². The van der Waals surface area contributed by atoms with Gasteiger partial charge in [0.2, 0.25) is 0 Å². The molecule has 2 aliphatic rings. The number of phenolic OH excluding ortho intramolecular Hbond substituents is 1. The van der Waals surface area contributed by atoms with Crippen molar-refractivity contribution < 1.29 is 14.6 Å². The Morgan fingerprint density at radius 2 is 2.11 bits per heavy atom. The maximum Gasteiger partial charge on any atom is 0.188 e. The van der Waals surface area contributed by atoms with Crippen molar-refractivity contribution in [2.45, 2.75) is 45.9 Å². The topological polar surface area (TPSA) is 54.3 Å². The Balaban J connectivity index is 1.77. The van der Waals surface area contributed by atoms with E-state index in [1.165, 1.54) is 0 Å². The van der Waals surface area contributed by atoms with Crippen LogP contribution in [-0.4, -0.2) is 29.2 Å². The van der Waals surface area contributed by atoms with Gasteiger partial charge in [-0.2, -0.15) is 5.10 Å². The number of para-hydroxylation sites is 1. The first kappa shape index (κ1) is 17.7. The van der Waals surface area contributed by atoms with Gasteiger partial charge >= 0.3 is 0 Å². The molecule has 0 fully saturated rings. The standard InChI is InChI=1S/C22H26N2O3/c1-13(2)10-21-24-18(15-6-5-7-20(26-4)22(15)27-21)12-17(23-24)16-11-14(3)8-9-19(16)25/h5-9,11,13,18,21,25H,10,12H2,1-4H3/t18-,21+/m0/s1. The maximum atomic E-state index is 10.4. The van der Waals surface area contributed by atoms with Crippen molar-refractivity contribution in [1.82, 2.24) is 5.01 Å². The van der Waals surface area contributed by atoms with Crippen LogP contribution in [0.25, 0.3) is 0 Å². The minimum atomic E-state index is -0.150. The summed E-state index contributed by atoms with van der Waals surface area (Å²) in [5, 5.41) is 17.3. The Morgan fingerprint density at radius 3 is 2.85 bits per heavy atom. The number of hydrogen-bond acceptors (Lipinski definition) is 5. The molecule has 0 saturated carbocycles. The molecule has 0 unspecified atom stereocenters. The lowest BCUT2D eigenvalue weighted by atomic mass is 9.94. The number of aryl methyl sites for hydroxylation is 1. The Labute approximate surface area is 160 Å². The second-order valence-electron chi connectivity index (χ2n) is 7.75. The molecule has 4 rings (SSSR count). The molecule has 1 N–H and O–H groups in total. The minimum Gasteiger partial charge on any atom is -0.507 e. The highest BCUT2D eigenvalue weighted by molar-refractivity contribution is 6.04. The van der Waals surface area contributed by atoms with Gasteiger partial charge in [0.25, 0.3) is 0 Å². The smallest absolute Gasteiger partial charge is 0.188 e. The third-order valence-electron chi connectivity index (χ3n) is 5.22. The molecule has 2 aromatic carbocycles. The number of nitrogens with zero attached hydrogens (tertiary/aromatic N) is 2. The average molecular weight is 366 g/mol. The van der Waals surface area contributed by atoms with E-state index >= 15 is 0 Å². The highest BCUT2D eigenvalue weighted by atomic mass is 16.5. The molecule has 0 bridgehead atoms. The van der Waals surface area contributed by atoms with Crippen LogP contribution in [0.3, 0.4) is 0 Å². The highest BCUT2D eigenvalue weighted by Crippen LogP contribution is 2.48. The summed E-state index contributed by atoms with van der Waals surface area (Å²) < 4.78 is 11.9. The van der Waals surface area contributed by atoms with Gasteiger partial charge in [-0.3, -0.25) is 5.01 Å². The van der Waals surface area contributed by atoms with Crippen LogP contribution in [-0.2, 0) is 0 Å². The molecule has 5 heteroatoms. The molecule has 5 nitrogen and oxygen atoms in total. The molecule has 0 aliphatic carbocycles. The van der Waals surface area contributed by atoms with Gasteiger partial charge < -0.3 is 14.6 Å². The first-order chi connectivity index (χ1) is 13.0. The van der Waals surface area contributed by atoms with Gasteiger partial charge in [0.1, 0.15) is 5.75 Å². The number of hydrazone groups is 1. The Kier molecular flexibility index (Phi) is 4.46. The van der Waals surface area contributed by atoms with Gasteiger partial charge in [-0.05, 0) is 31.0 Å². The van der Waals surface area contributed by atoms with E-state index in [1.54, 1.807) is 13.2 Å². The maximum absolute atomic E-state index is 10.4. The largest absolute Gasteiger partial charge is 0.507 e. The third kappa shape index (κ3) is 3.11. The summed E-state index contributed by atoms with van der Waals surface area (Å²) >= 11 is 0. The van der Waals surface area contributed by atoms with E-state index in [4.69, 9.17) is 14.6 Å². The first-order valence-electron chi connectivity index (χ1n) is 9.47. The predicted octanol–water partition coefficient (Wildman–Crippen LogP) is 4.62. The van der Waals surface area contributed by atoms with Gasteiger partial charge in [-0.25, -0.2) is 0 Å². The zero-order chi connectivity index (χ0) is 19.1. The van der Waals surface area contributed by atoms with Crippen molar-refractivity contribution in [2.75, 3.05) is 7.11 Å². The lowest BCUT2D eigenvalue weighted by Crippen LogP contribution is -2.41. The molecule has 2 atom stereocenters. The number of methoxy groups -OCH3 is 1. The van der Waals surface area contributed by atoms with Crippen molar-refractivity contribution in [3.05, 3.63) is 53.1 Å². The number of rotatable bonds is 4. The third-order valence-corrected chi connectivity index (χ3v) is 5.22. The highest BCUT2D eigenvalue weighted by Gasteiger charge is 2.41. The number of benzene rings is 2. The van der Waals surface area contributed by atoms with E-state index < -0.39 is 0 Å². The van der Waals surface area contributed by atoms with E-state index in [-0.39, 0.29) is 18.0 Å². The van der Waals surface area contributed by atoms with E-state index in [1.807, 2.05) is 31.2 Å². The Hall–Kier alpha value is -2.69. The quantitative estimate of drug-likeness (QED) is 0.857. The molecule has 0 saturated heterocycles. The van der Waals surface area contributed by atoms with E-state index in [9.17, 15) is 5.11 Å². The molecular weight excluding hydrogens is 340 g/mol. The molecule has 0 aromatic heterocycles. The zero-order valence-electron chi connectivity index (χ0n) is 16.3. The van der Waals surface area contributed by atoms with Crippen LogP contribution in [0.1, 0.15) is 49.4 Å². The molecule has 2 aromatic rings. The zero-order valence-corrected chi connectivity index (χ0v) is 16.3. The Morgan fingerprint density at radius 1 is 1.30 bits per heavy atom. The summed E-state index contributed by atoms with van der Waals surface area (Å²) in [5.41, 5.74) is 3.89. The molecule has 0 spiro atoms. The fraction of sp³-hybridized carbons (Fsp3) is 0.409. The van der Waals surface area contributed by atoms with Gasteiger partial charge in [0.05, 0.1) is 18.9 Å². The van der Waals surface area contributed by atoms with Gasteiger partial charge in [0.15, 0.2) is 17.7 Å². The predicted molar refractivity (Wildman–Crippen MR) is 105 cm³/mol. The number of phenols is 1. The van der Waals surface area contributed by atoms with Gasteiger partial charge in [-0.15, -0.1) is 0 Å². The molecule has 142 valence electrons. The number of aromatic hydroxyl groups is 1. The summed E-state index contributed by atoms with van der Waals surface area (Å²) in [6.07, 6.45) is 1.45. The summed E-state index contributed by atoms with van der Waals surface area (Å²) in [7, 11) is 1.67. The second kappa shape index (κ2) is 6.80. The second-order valence-corrected chi connectivity index (χ2v) is 7.75. The molecule has 0 amide bonds. The first-order valence-corrected chi connectivity index (χ1v) is 9.47. The van der Waals surface area contributed by atoms with Crippen LogP contribution in [0.4, 0.5) is 0 Å². The van der Waals surface area contributed by atoms with Gasteiger partial charge in [0, 0.05) is 24.0 Å². The van der Waals surface area contributed by atoms with Crippen molar-refractivity contribution in [1.29, 1.82) is 0 Å². The normalized spacial score (nSPS) is 20.8. The van der Waals surface area contributed by atoms with Crippen molar-refractivity contribution >= 4 is 5.71 Å². The molecule has 2 heterocycles.